The molecule has 2 aromatic rings. The number of amides is 1. The number of hydrogen-bond acceptors (Lipinski definition) is 3. The van der Waals surface area contributed by atoms with Crippen LogP contribution in [0.15, 0.2) is 42.7 Å². The third kappa shape index (κ3) is 3.58. The molecule has 0 saturated carbocycles. The lowest BCUT2D eigenvalue weighted by Gasteiger charge is -2.06. The van der Waals surface area contributed by atoms with Crippen molar-refractivity contribution in [1.29, 1.82) is 0 Å². The van der Waals surface area contributed by atoms with E-state index < -0.39 is 0 Å². The summed E-state index contributed by atoms with van der Waals surface area (Å²) in [6, 6.07) is 8.49. The summed E-state index contributed by atoms with van der Waals surface area (Å²) in [6.45, 7) is 0.229. The number of nitrogens with two attached hydrogens (primary N) is 1. The zero-order chi connectivity index (χ0) is 14.4. The largest absolute Gasteiger partial charge is 0.322 e. The molecule has 0 aliphatic rings. The molecule has 0 aliphatic heterocycles. The molecule has 100 valence electrons. The van der Waals surface area contributed by atoms with Crippen LogP contribution in [0.2, 0.25) is 5.02 Å². The molecule has 0 saturated heterocycles. The lowest BCUT2D eigenvalue weighted by Crippen LogP contribution is -2.13. The number of carbonyl (C=O) groups excluding carboxylic acids is 1. The van der Waals surface area contributed by atoms with Gasteiger partial charge in [-0.15, -0.1) is 0 Å². The van der Waals surface area contributed by atoms with E-state index >= 15 is 0 Å². The Bertz CT molecular complexity index is 672. The summed E-state index contributed by atoms with van der Waals surface area (Å²) < 4.78 is 0. The van der Waals surface area contributed by atoms with Crippen LogP contribution in [0.4, 0.5) is 5.69 Å². The molecular weight excluding hydrogens is 274 g/mol. The first-order valence-electron chi connectivity index (χ1n) is 5.90. The molecule has 3 N–H and O–H groups in total. The molecule has 0 bridgehead atoms. The van der Waals surface area contributed by atoms with Crippen LogP contribution in [0.25, 0.3) is 0 Å². The number of carbonyl (C=O) groups is 1. The van der Waals surface area contributed by atoms with Crippen LogP contribution in [0.1, 0.15) is 15.9 Å². The van der Waals surface area contributed by atoms with Crippen molar-refractivity contribution in [2.45, 2.75) is 0 Å². The summed E-state index contributed by atoms with van der Waals surface area (Å²) in [7, 11) is 0. The Morgan fingerprint density at radius 1 is 1.30 bits per heavy atom. The van der Waals surface area contributed by atoms with E-state index in [1.165, 1.54) is 0 Å². The monoisotopic (exact) mass is 285 g/mol. The van der Waals surface area contributed by atoms with Crippen molar-refractivity contribution in [3.63, 3.8) is 0 Å². The number of nitrogens with one attached hydrogen (secondary N) is 1. The third-order valence-electron chi connectivity index (χ3n) is 2.49. The molecule has 0 fully saturated rings. The minimum Gasteiger partial charge on any atom is -0.322 e. The Morgan fingerprint density at radius 3 is 2.75 bits per heavy atom. The third-order valence-corrected chi connectivity index (χ3v) is 2.74. The molecule has 0 spiro atoms. The van der Waals surface area contributed by atoms with Crippen molar-refractivity contribution >= 4 is 23.2 Å². The zero-order valence-electron chi connectivity index (χ0n) is 10.6. The summed E-state index contributed by atoms with van der Waals surface area (Å²) in [5, 5.41) is 3.39. The molecule has 1 aromatic heterocycles. The number of halogens is 1. The number of nitrogens with zero attached hydrogens (tertiary/aromatic N) is 1. The fourth-order valence-corrected chi connectivity index (χ4v) is 1.70. The Kier molecular flexibility index (Phi) is 4.72. The predicted molar refractivity (Wildman–Crippen MR) is 79.6 cm³/mol. The van der Waals surface area contributed by atoms with Crippen LogP contribution >= 0.6 is 11.6 Å². The average molecular weight is 286 g/mol. The van der Waals surface area contributed by atoms with Crippen molar-refractivity contribution in [3.05, 3.63) is 58.9 Å². The molecule has 20 heavy (non-hydrogen) atoms. The quantitative estimate of drug-likeness (QED) is 0.832. The minimum absolute atomic E-state index is 0.229. The lowest BCUT2D eigenvalue weighted by molar-refractivity contribution is 0.102. The maximum absolute atomic E-state index is 12.2. The van der Waals surface area contributed by atoms with Gasteiger partial charge < -0.3 is 11.1 Å². The highest BCUT2D eigenvalue weighted by atomic mass is 35.5. The van der Waals surface area contributed by atoms with Gasteiger partial charge in [-0.25, -0.2) is 0 Å². The van der Waals surface area contributed by atoms with Crippen molar-refractivity contribution in [1.82, 2.24) is 4.98 Å². The minimum atomic E-state index is -0.254. The van der Waals surface area contributed by atoms with Crippen LogP contribution in [-0.4, -0.2) is 17.4 Å². The highest BCUT2D eigenvalue weighted by Gasteiger charge is 2.10. The van der Waals surface area contributed by atoms with Gasteiger partial charge in [0, 0.05) is 23.1 Å². The molecule has 5 heteroatoms. The van der Waals surface area contributed by atoms with Gasteiger partial charge in [0.1, 0.15) is 0 Å². The smallest absolute Gasteiger partial charge is 0.257 e. The number of pyridine rings is 1. The van der Waals surface area contributed by atoms with E-state index in [2.05, 4.69) is 22.1 Å². The highest BCUT2D eigenvalue weighted by molar-refractivity contribution is 6.30. The first kappa shape index (κ1) is 14.1. The van der Waals surface area contributed by atoms with Gasteiger partial charge in [-0.1, -0.05) is 23.4 Å². The van der Waals surface area contributed by atoms with Crippen LogP contribution in [0.5, 0.6) is 0 Å². The maximum Gasteiger partial charge on any atom is 0.257 e. The normalized spacial score (nSPS) is 9.50. The van der Waals surface area contributed by atoms with Crippen molar-refractivity contribution in [2.75, 3.05) is 11.9 Å². The van der Waals surface area contributed by atoms with Crippen LogP contribution in [0, 0.1) is 11.8 Å². The summed E-state index contributed by atoms with van der Waals surface area (Å²) in [5.41, 5.74) is 6.99. The molecule has 0 unspecified atom stereocenters. The standard InChI is InChI=1S/C15H12ClN3O/c16-12-3-5-13(6-4-12)19-15(20)14-7-9-18-10-11(14)2-1-8-17/h3-7,9-10H,8,17H2,(H,19,20). The molecule has 1 amide bonds. The first-order valence-corrected chi connectivity index (χ1v) is 6.28. The fourth-order valence-electron chi connectivity index (χ4n) is 1.57. The Hall–Kier alpha value is -2.35. The SMILES string of the molecule is NCC#Cc1cnccc1C(=O)Nc1ccc(Cl)cc1. The molecule has 0 aliphatic carbocycles. The molecule has 1 aromatic carbocycles. The van der Waals surface area contributed by atoms with E-state index in [0.717, 1.165) is 0 Å². The second kappa shape index (κ2) is 6.71. The van der Waals surface area contributed by atoms with Crippen molar-refractivity contribution < 1.29 is 4.79 Å². The second-order valence-electron chi connectivity index (χ2n) is 3.89. The van der Waals surface area contributed by atoms with Crippen LogP contribution in [0.3, 0.4) is 0 Å². The number of benzene rings is 1. The summed E-state index contributed by atoms with van der Waals surface area (Å²) in [5.74, 6) is 5.29. The van der Waals surface area contributed by atoms with Gasteiger partial charge in [0.05, 0.1) is 17.7 Å². The van der Waals surface area contributed by atoms with Gasteiger partial charge in [0.25, 0.3) is 5.91 Å². The Labute approximate surface area is 122 Å². The van der Waals surface area contributed by atoms with Gasteiger partial charge in [-0.2, -0.15) is 0 Å². The Balaban J connectivity index is 2.23. The second-order valence-corrected chi connectivity index (χ2v) is 4.32. The molecular formula is C15H12ClN3O. The van der Waals surface area contributed by atoms with Crippen LogP contribution in [-0.2, 0) is 0 Å². The summed E-state index contributed by atoms with van der Waals surface area (Å²) in [6.07, 6.45) is 3.09. The molecule has 4 nitrogen and oxygen atoms in total. The van der Waals surface area contributed by atoms with Gasteiger partial charge in [0.2, 0.25) is 0 Å². The molecule has 2 rings (SSSR count). The van der Waals surface area contributed by atoms with E-state index in [9.17, 15) is 4.79 Å². The first-order chi connectivity index (χ1) is 9.70. The topological polar surface area (TPSA) is 68.0 Å². The predicted octanol–water partition coefficient (Wildman–Crippen LogP) is 2.30. The maximum atomic E-state index is 12.2. The summed E-state index contributed by atoms with van der Waals surface area (Å²) in [4.78, 5) is 16.2. The molecule has 0 radical (unpaired) electrons. The molecule has 0 atom stereocenters. The van der Waals surface area contributed by atoms with E-state index in [-0.39, 0.29) is 12.5 Å². The molecule has 1 heterocycles. The van der Waals surface area contributed by atoms with E-state index in [1.54, 1.807) is 42.7 Å². The van der Waals surface area contributed by atoms with E-state index in [1.807, 2.05) is 0 Å². The van der Waals surface area contributed by atoms with E-state index in [0.29, 0.717) is 21.8 Å². The number of aromatic nitrogens is 1. The van der Waals surface area contributed by atoms with Gasteiger partial charge in [-0.3, -0.25) is 9.78 Å². The fraction of sp³-hybridized carbons (Fsp3) is 0.0667. The Morgan fingerprint density at radius 2 is 2.05 bits per heavy atom. The van der Waals surface area contributed by atoms with Gasteiger partial charge >= 0.3 is 0 Å². The van der Waals surface area contributed by atoms with Crippen LogP contribution < -0.4 is 11.1 Å². The van der Waals surface area contributed by atoms with E-state index in [4.69, 9.17) is 17.3 Å². The van der Waals surface area contributed by atoms with Gasteiger partial charge in [0.15, 0.2) is 0 Å². The number of hydrogen-bond donors (Lipinski definition) is 2. The van der Waals surface area contributed by atoms with Crippen molar-refractivity contribution in [2.24, 2.45) is 5.73 Å². The summed E-state index contributed by atoms with van der Waals surface area (Å²) >= 11 is 5.80. The average Bonchev–Trinajstić information content (AvgIpc) is 2.47. The van der Waals surface area contributed by atoms with Crippen molar-refractivity contribution in [3.8, 4) is 11.8 Å². The van der Waals surface area contributed by atoms with Gasteiger partial charge in [-0.05, 0) is 30.3 Å². The zero-order valence-corrected chi connectivity index (χ0v) is 11.3. The number of rotatable bonds is 2. The highest BCUT2D eigenvalue weighted by Crippen LogP contribution is 2.15. The number of anilines is 1. The lowest BCUT2D eigenvalue weighted by atomic mass is 10.1.